The highest BCUT2D eigenvalue weighted by molar-refractivity contribution is 6.06. The number of aromatic nitrogens is 2. The Bertz CT molecular complexity index is 1030. The first-order valence-electron chi connectivity index (χ1n) is 12.0. The first-order valence-corrected chi connectivity index (χ1v) is 12.0. The molecule has 34 heavy (non-hydrogen) atoms. The molecule has 2 amide bonds. The van der Waals surface area contributed by atoms with Crippen molar-refractivity contribution in [3.63, 3.8) is 0 Å². The zero-order valence-electron chi connectivity index (χ0n) is 19.7. The van der Waals surface area contributed by atoms with Gasteiger partial charge in [-0.15, -0.1) is 0 Å². The molecule has 3 heterocycles. The SMILES string of the molecule is CC[C@@](OC(N)=O)(C(=O)c1nc2cccnc2o1)C(C)(C(=O)N1CCOCC1)C1CCCCC1. The number of primary amides is 1. The molecule has 0 spiro atoms. The molecule has 2 atom stereocenters. The van der Waals surface area contributed by atoms with Gasteiger partial charge in [0.05, 0.1) is 18.6 Å². The number of hydrogen-bond donors (Lipinski definition) is 1. The molecule has 0 radical (unpaired) electrons. The summed E-state index contributed by atoms with van der Waals surface area (Å²) in [4.78, 5) is 50.8. The van der Waals surface area contributed by atoms with Crippen LogP contribution in [0, 0.1) is 11.3 Å². The molecular weight excluding hydrogens is 440 g/mol. The normalized spacial score (nSPS) is 20.9. The molecule has 1 saturated heterocycles. The molecule has 0 bridgehead atoms. The highest BCUT2D eigenvalue weighted by Gasteiger charge is 2.65. The Kier molecular flexibility index (Phi) is 6.88. The van der Waals surface area contributed by atoms with E-state index in [1.807, 2.05) is 0 Å². The zero-order chi connectivity index (χ0) is 24.3. The predicted octanol–water partition coefficient (Wildman–Crippen LogP) is 3.10. The number of pyridine rings is 1. The van der Waals surface area contributed by atoms with Crippen LogP contribution in [-0.2, 0) is 14.3 Å². The van der Waals surface area contributed by atoms with Gasteiger partial charge in [0.2, 0.25) is 11.6 Å². The van der Waals surface area contributed by atoms with E-state index in [1.54, 1.807) is 30.9 Å². The van der Waals surface area contributed by atoms with Crippen molar-refractivity contribution in [2.45, 2.75) is 58.0 Å². The summed E-state index contributed by atoms with van der Waals surface area (Å²) in [5.41, 5.74) is 2.85. The second-order valence-electron chi connectivity index (χ2n) is 9.22. The third-order valence-corrected chi connectivity index (χ3v) is 7.50. The summed E-state index contributed by atoms with van der Waals surface area (Å²) in [6.07, 6.45) is 4.81. The smallest absolute Gasteiger partial charge is 0.405 e. The van der Waals surface area contributed by atoms with Crippen molar-refractivity contribution >= 4 is 29.0 Å². The second-order valence-corrected chi connectivity index (χ2v) is 9.22. The van der Waals surface area contributed by atoms with Crippen LogP contribution in [0.1, 0.15) is 63.1 Å². The Balaban J connectivity index is 1.87. The number of Topliss-reactive ketones (excluding diaryl/α,β-unsaturated/α-hetero) is 1. The lowest BCUT2D eigenvalue weighted by Gasteiger charge is -2.51. The molecule has 10 heteroatoms. The van der Waals surface area contributed by atoms with Crippen molar-refractivity contribution < 1.29 is 28.3 Å². The number of nitrogens with zero attached hydrogens (tertiary/aromatic N) is 3. The summed E-state index contributed by atoms with van der Waals surface area (Å²) in [6.45, 7) is 5.08. The van der Waals surface area contributed by atoms with Crippen LogP contribution in [-0.4, -0.2) is 64.6 Å². The highest BCUT2D eigenvalue weighted by atomic mass is 16.6. The maximum Gasteiger partial charge on any atom is 0.405 e. The predicted molar refractivity (Wildman–Crippen MR) is 122 cm³/mol. The molecule has 1 aliphatic heterocycles. The Labute approximate surface area is 198 Å². The number of carbonyl (C=O) groups excluding carboxylic acids is 3. The molecule has 1 aliphatic carbocycles. The van der Waals surface area contributed by atoms with Crippen LogP contribution < -0.4 is 5.73 Å². The number of fused-ring (bicyclic) bond motifs is 1. The summed E-state index contributed by atoms with van der Waals surface area (Å²) in [5, 5.41) is 0. The van der Waals surface area contributed by atoms with Gasteiger partial charge in [-0.25, -0.2) is 14.8 Å². The maximum absolute atomic E-state index is 14.2. The standard InChI is InChI=1S/C24H32N4O6/c1-3-24(34-22(25)31,18(29)20-27-17-10-7-11-26-19(17)33-20)23(2,16-8-5-4-6-9-16)21(30)28-12-14-32-15-13-28/h7,10-11,16H,3-6,8-9,12-15H2,1-2H3,(H2,25,31)/t23?,24-/m1/s1. The van der Waals surface area contributed by atoms with E-state index >= 15 is 0 Å². The van der Waals surface area contributed by atoms with Crippen molar-refractivity contribution in [2.75, 3.05) is 26.3 Å². The number of oxazole rings is 1. The number of morpholine rings is 1. The Hall–Kier alpha value is -3.01. The van der Waals surface area contributed by atoms with Gasteiger partial charge >= 0.3 is 6.09 Å². The lowest BCUT2D eigenvalue weighted by atomic mass is 9.57. The Morgan fingerprint density at radius 1 is 1.21 bits per heavy atom. The molecular formula is C24H32N4O6. The molecule has 10 nitrogen and oxygen atoms in total. The van der Waals surface area contributed by atoms with Gasteiger partial charge in [-0.1, -0.05) is 26.2 Å². The van der Waals surface area contributed by atoms with E-state index in [2.05, 4.69) is 9.97 Å². The molecule has 2 aliphatic rings. The van der Waals surface area contributed by atoms with Gasteiger partial charge < -0.3 is 24.5 Å². The fourth-order valence-electron chi connectivity index (χ4n) is 5.65. The fraction of sp³-hybridized carbons (Fsp3) is 0.625. The number of rotatable bonds is 7. The first-order chi connectivity index (χ1) is 16.3. The molecule has 184 valence electrons. The van der Waals surface area contributed by atoms with Crippen LogP contribution >= 0.6 is 0 Å². The van der Waals surface area contributed by atoms with Crippen LogP contribution in [0.4, 0.5) is 4.79 Å². The fourth-order valence-corrected chi connectivity index (χ4v) is 5.65. The minimum absolute atomic E-state index is 0.0318. The Morgan fingerprint density at radius 2 is 1.91 bits per heavy atom. The number of hydrogen-bond acceptors (Lipinski definition) is 8. The van der Waals surface area contributed by atoms with Crippen LogP contribution in [0.25, 0.3) is 11.2 Å². The van der Waals surface area contributed by atoms with Gasteiger partial charge in [0.25, 0.3) is 11.7 Å². The molecule has 2 aromatic rings. The van der Waals surface area contributed by atoms with Crippen molar-refractivity contribution in [1.82, 2.24) is 14.9 Å². The summed E-state index contributed by atoms with van der Waals surface area (Å²) in [6, 6.07) is 3.35. The largest absolute Gasteiger partial charge is 0.433 e. The summed E-state index contributed by atoms with van der Waals surface area (Å²) < 4.78 is 16.8. The lowest BCUT2D eigenvalue weighted by molar-refractivity contribution is -0.168. The minimum Gasteiger partial charge on any atom is -0.433 e. The van der Waals surface area contributed by atoms with Gasteiger partial charge in [-0.2, -0.15) is 0 Å². The minimum atomic E-state index is -1.89. The van der Waals surface area contributed by atoms with E-state index in [9.17, 15) is 14.4 Å². The number of ether oxygens (including phenoxy) is 2. The number of nitrogens with two attached hydrogens (primary N) is 1. The maximum atomic E-state index is 14.2. The molecule has 1 saturated carbocycles. The van der Waals surface area contributed by atoms with Crippen LogP contribution in [0.2, 0.25) is 0 Å². The summed E-state index contributed by atoms with van der Waals surface area (Å²) in [7, 11) is 0. The number of amides is 2. The summed E-state index contributed by atoms with van der Waals surface area (Å²) in [5.74, 6) is -1.37. The van der Waals surface area contributed by atoms with Crippen LogP contribution in [0.5, 0.6) is 0 Å². The van der Waals surface area contributed by atoms with E-state index in [-0.39, 0.29) is 29.9 Å². The molecule has 4 rings (SSSR count). The van der Waals surface area contributed by atoms with Crippen molar-refractivity contribution in [3.8, 4) is 0 Å². The van der Waals surface area contributed by atoms with Crippen molar-refractivity contribution in [3.05, 3.63) is 24.2 Å². The van der Waals surface area contributed by atoms with Gasteiger partial charge in [-0.3, -0.25) is 9.59 Å². The Morgan fingerprint density at radius 3 is 2.53 bits per heavy atom. The van der Waals surface area contributed by atoms with Crippen LogP contribution in [0.3, 0.4) is 0 Å². The average Bonchev–Trinajstić information content (AvgIpc) is 3.31. The van der Waals surface area contributed by atoms with E-state index in [4.69, 9.17) is 19.6 Å². The van der Waals surface area contributed by atoms with E-state index in [0.717, 1.165) is 32.1 Å². The zero-order valence-corrected chi connectivity index (χ0v) is 19.7. The van der Waals surface area contributed by atoms with Gasteiger partial charge in [-0.05, 0) is 44.2 Å². The highest BCUT2D eigenvalue weighted by Crippen LogP contribution is 2.51. The van der Waals surface area contributed by atoms with Gasteiger partial charge in [0.1, 0.15) is 5.52 Å². The molecule has 0 aromatic carbocycles. The molecule has 1 unspecified atom stereocenters. The monoisotopic (exact) mass is 472 g/mol. The number of carbonyl (C=O) groups is 3. The molecule has 2 aromatic heterocycles. The van der Waals surface area contributed by atoms with Crippen molar-refractivity contribution in [1.29, 1.82) is 0 Å². The third-order valence-electron chi connectivity index (χ3n) is 7.50. The van der Waals surface area contributed by atoms with E-state index in [0.29, 0.717) is 31.8 Å². The topological polar surface area (TPSA) is 138 Å². The van der Waals surface area contributed by atoms with Gasteiger partial charge in [0.15, 0.2) is 5.60 Å². The van der Waals surface area contributed by atoms with Crippen molar-refractivity contribution in [2.24, 2.45) is 17.1 Å². The van der Waals surface area contributed by atoms with E-state index in [1.165, 1.54) is 6.20 Å². The summed E-state index contributed by atoms with van der Waals surface area (Å²) >= 11 is 0. The van der Waals surface area contributed by atoms with Crippen LogP contribution in [0.15, 0.2) is 22.7 Å². The third kappa shape index (κ3) is 4.04. The second kappa shape index (κ2) is 9.69. The average molecular weight is 473 g/mol. The van der Waals surface area contributed by atoms with Gasteiger partial charge in [0, 0.05) is 19.3 Å². The number of ketones is 1. The molecule has 2 N–H and O–H groups in total. The molecule has 2 fully saturated rings. The van der Waals surface area contributed by atoms with E-state index < -0.39 is 22.9 Å². The first kappa shape index (κ1) is 24.1. The lowest BCUT2D eigenvalue weighted by Crippen LogP contribution is -2.66. The quantitative estimate of drug-likeness (QED) is 0.607.